The number of ether oxygens (including phenoxy) is 1. The SMILES string of the molecule is CCCNCc1cc(F)cnc1OCCC1CCC1. The van der Waals surface area contributed by atoms with Gasteiger partial charge in [0.1, 0.15) is 5.82 Å². The number of rotatable bonds is 8. The summed E-state index contributed by atoms with van der Waals surface area (Å²) in [6.07, 6.45) is 7.37. The van der Waals surface area contributed by atoms with Crippen LogP contribution in [0.25, 0.3) is 0 Å². The summed E-state index contributed by atoms with van der Waals surface area (Å²) in [6, 6.07) is 1.51. The molecule has 0 aromatic carbocycles. The summed E-state index contributed by atoms with van der Waals surface area (Å²) in [5, 5.41) is 3.25. The van der Waals surface area contributed by atoms with Gasteiger partial charge >= 0.3 is 0 Å². The van der Waals surface area contributed by atoms with Crippen LogP contribution in [0.4, 0.5) is 4.39 Å². The molecule has 2 rings (SSSR count). The number of hydrogen-bond donors (Lipinski definition) is 1. The van der Waals surface area contributed by atoms with Crippen LogP contribution in [0, 0.1) is 11.7 Å². The fourth-order valence-electron chi connectivity index (χ4n) is 2.23. The Bertz CT molecular complexity index is 394. The van der Waals surface area contributed by atoms with Gasteiger partial charge in [-0.1, -0.05) is 26.2 Å². The molecule has 0 bridgehead atoms. The Morgan fingerprint density at radius 1 is 1.47 bits per heavy atom. The molecule has 1 aliphatic carbocycles. The van der Waals surface area contributed by atoms with E-state index in [1.165, 1.54) is 31.5 Å². The molecule has 1 aliphatic rings. The van der Waals surface area contributed by atoms with E-state index in [0.29, 0.717) is 19.0 Å². The topological polar surface area (TPSA) is 34.2 Å². The molecule has 1 heterocycles. The van der Waals surface area contributed by atoms with E-state index in [1.807, 2.05) is 0 Å². The highest BCUT2D eigenvalue weighted by Gasteiger charge is 2.17. The number of hydrogen-bond acceptors (Lipinski definition) is 3. The van der Waals surface area contributed by atoms with Crippen molar-refractivity contribution in [2.45, 2.75) is 45.6 Å². The second-order valence-corrected chi connectivity index (χ2v) is 5.23. The molecule has 0 radical (unpaired) electrons. The van der Waals surface area contributed by atoms with Crippen molar-refractivity contribution in [1.82, 2.24) is 10.3 Å². The zero-order chi connectivity index (χ0) is 13.5. The third-order valence-corrected chi connectivity index (χ3v) is 3.62. The normalized spacial score (nSPS) is 15.3. The molecule has 1 aromatic rings. The van der Waals surface area contributed by atoms with Crippen LogP contribution in [-0.4, -0.2) is 18.1 Å². The first kappa shape index (κ1) is 14.3. The molecule has 19 heavy (non-hydrogen) atoms. The summed E-state index contributed by atoms with van der Waals surface area (Å²) >= 11 is 0. The molecule has 106 valence electrons. The van der Waals surface area contributed by atoms with Crippen LogP contribution in [0.5, 0.6) is 5.88 Å². The van der Waals surface area contributed by atoms with Gasteiger partial charge in [-0.25, -0.2) is 9.37 Å². The van der Waals surface area contributed by atoms with Crippen LogP contribution in [0.1, 0.15) is 44.6 Å². The van der Waals surface area contributed by atoms with E-state index in [0.717, 1.165) is 30.9 Å². The molecule has 1 N–H and O–H groups in total. The van der Waals surface area contributed by atoms with Crippen LogP contribution in [-0.2, 0) is 6.54 Å². The Hall–Kier alpha value is -1.16. The van der Waals surface area contributed by atoms with Crippen molar-refractivity contribution in [2.24, 2.45) is 5.92 Å². The summed E-state index contributed by atoms with van der Waals surface area (Å²) in [4.78, 5) is 4.06. The Morgan fingerprint density at radius 2 is 2.32 bits per heavy atom. The van der Waals surface area contributed by atoms with Crippen LogP contribution < -0.4 is 10.1 Å². The van der Waals surface area contributed by atoms with Crippen molar-refractivity contribution in [3.05, 3.63) is 23.6 Å². The first-order valence-corrected chi connectivity index (χ1v) is 7.27. The number of nitrogens with one attached hydrogen (secondary N) is 1. The molecule has 0 spiro atoms. The summed E-state index contributed by atoms with van der Waals surface area (Å²) in [5.74, 6) is 1.09. The average Bonchev–Trinajstić information content (AvgIpc) is 2.35. The minimum Gasteiger partial charge on any atom is -0.477 e. The van der Waals surface area contributed by atoms with Gasteiger partial charge in [-0.2, -0.15) is 0 Å². The zero-order valence-corrected chi connectivity index (χ0v) is 11.6. The highest BCUT2D eigenvalue weighted by Crippen LogP contribution is 2.29. The monoisotopic (exact) mass is 266 g/mol. The average molecular weight is 266 g/mol. The molecule has 3 nitrogen and oxygen atoms in total. The smallest absolute Gasteiger partial charge is 0.218 e. The number of halogens is 1. The van der Waals surface area contributed by atoms with Crippen LogP contribution >= 0.6 is 0 Å². The Morgan fingerprint density at radius 3 is 3.00 bits per heavy atom. The number of nitrogens with zero attached hydrogens (tertiary/aromatic N) is 1. The minimum atomic E-state index is -0.306. The fourth-order valence-corrected chi connectivity index (χ4v) is 2.23. The standard InChI is InChI=1S/C15H23FN2O/c1-2-7-17-10-13-9-14(16)11-18-15(13)19-8-6-12-4-3-5-12/h9,11-12,17H,2-8,10H2,1H3. The lowest BCUT2D eigenvalue weighted by atomic mass is 9.83. The summed E-state index contributed by atoms with van der Waals surface area (Å²) < 4.78 is 18.9. The number of aromatic nitrogens is 1. The van der Waals surface area contributed by atoms with Gasteiger partial charge in [0.05, 0.1) is 12.8 Å². The molecule has 0 atom stereocenters. The maximum Gasteiger partial charge on any atom is 0.218 e. The Kier molecular flexibility index (Phi) is 5.58. The third-order valence-electron chi connectivity index (χ3n) is 3.62. The molecule has 0 aliphatic heterocycles. The van der Waals surface area contributed by atoms with Crippen molar-refractivity contribution >= 4 is 0 Å². The van der Waals surface area contributed by atoms with Crippen LogP contribution in [0.3, 0.4) is 0 Å². The summed E-state index contributed by atoms with van der Waals surface area (Å²) in [7, 11) is 0. The predicted molar refractivity (Wildman–Crippen MR) is 73.6 cm³/mol. The van der Waals surface area contributed by atoms with Gasteiger partial charge in [0.15, 0.2) is 0 Å². The quantitative estimate of drug-likeness (QED) is 0.733. The van der Waals surface area contributed by atoms with Gasteiger partial charge in [0.2, 0.25) is 5.88 Å². The lowest BCUT2D eigenvalue weighted by molar-refractivity contribution is 0.215. The molecule has 1 fully saturated rings. The molecule has 0 saturated heterocycles. The van der Waals surface area contributed by atoms with Gasteiger partial charge < -0.3 is 10.1 Å². The first-order chi connectivity index (χ1) is 9.29. The van der Waals surface area contributed by atoms with E-state index in [2.05, 4.69) is 17.2 Å². The van der Waals surface area contributed by atoms with E-state index < -0.39 is 0 Å². The minimum absolute atomic E-state index is 0.306. The molecule has 1 aromatic heterocycles. The summed E-state index contributed by atoms with van der Waals surface area (Å²) in [5.41, 5.74) is 0.807. The molecule has 0 unspecified atom stereocenters. The third kappa shape index (κ3) is 4.46. The maximum atomic E-state index is 13.2. The van der Waals surface area contributed by atoms with Gasteiger partial charge in [-0.3, -0.25) is 0 Å². The maximum absolute atomic E-state index is 13.2. The lowest BCUT2D eigenvalue weighted by Crippen LogP contribution is -2.17. The van der Waals surface area contributed by atoms with Gasteiger partial charge in [0, 0.05) is 12.1 Å². The van der Waals surface area contributed by atoms with Crippen molar-refractivity contribution < 1.29 is 9.13 Å². The van der Waals surface area contributed by atoms with Crippen molar-refractivity contribution in [2.75, 3.05) is 13.2 Å². The highest BCUT2D eigenvalue weighted by atomic mass is 19.1. The van der Waals surface area contributed by atoms with Crippen LogP contribution in [0.2, 0.25) is 0 Å². The van der Waals surface area contributed by atoms with E-state index in [4.69, 9.17) is 4.74 Å². The molecular weight excluding hydrogens is 243 g/mol. The first-order valence-electron chi connectivity index (χ1n) is 7.27. The Balaban J connectivity index is 1.85. The van der Waals surface area contributed by atoms with E-state index in [1.54, 1.807) is 0 Å². The van der Waals surface area contributed by atoms with Crippen molar-refractivity contribution in [3.63, 3.8) is 0 Å². The largest absolute Gasteiger partial charge is 0.477 e. The van der Waals surface area contributed by atoms with Gasteiger partial charge in [-0.15, -0.1) is 0 Å². The zero-order valence-electron chi connectivity index (χ0n) is 11.6. The molecule has 0 amide bonds. The van der Waals surface area contributed by atoms with Gasteiger partial charge in [0.25, 0.3) is 0 Å². The fraction of sp³-hybridized carbons (Fsp3) is 0.667. The van der Waals surface area contributed by atoms with Crippen LogP contribution in [0.15, 0.2) is 12.3 Å². The van der Waals surface area contributed by atoms with Gasteiger partial charge in [-0.05, 0) is 31.4 Å². The van der Waals surface area contributed by atoms with E-state index in [-0.39, 0.29) is 5.82 Å². The second kappa shape index (κ2) is 7.43. The highest BCUT2D eigenvalue weighted by molar-refractivity contribution is 5.26. The predicted octanol–water partition coefficient (Wildman–Crippen LogP) is 3.29. The number of pyridine rings is 1. The summed E-state index contributed by atoms with van der Waals surface area (Å²) in [6.45, 7) is 4.31. The van der Waals surface area contributed by atoms with Crippen molar-refractivity contribution in [3.8, 4) is 5.88 Å². The molecule has 4 heteroatoms. The lowest BCUT2D eigenvalue weighted by Gasteiger charge is -2.25. The molecule has 1 saturated carbocycles. The Labute approximate surface area is 114 Å². The van der Waals surface area contributed by atoms with E-state index >= 15 is 0 Å². The van der Waals surface area contributed by atoms with Crippen molar-refractivity contribution in [1.29, 1.82) is 0 Å². The van der Waals surface area contributed by atoms with E-state index in [9.17, 15) is 4.39 Å². The second-order valence-electron chi connectivity index (χ2n) is 5.23. The molecular formula is C15H23FN2O.